The van der Waals surface area contributed by atoms with Crippen LogP contribution in [0.15, 0.2) is 62.8 Å². The zero-order valence-corrected chi connectivity index (χ0v) is 16.2. The number of hydrogen-bond acceptors (Lipinski definition) is 3. The fraction of sp³-hybridized carbons (Fsp3) is 0.111. The van der Waals surface area contributed by atoms with E-state index in [0.29, 0.717) is 10.6 Å². The van der Waals surface area contributed by atoms with E-state index in [-0.39, 0.29) is 5.91 Å². The fourth-order valence-electron chi connectivity index (χ4n) is 2.34. The van der Waals surface area contributed by atoms with Crippen molar-refractivity contribution in [3.63, 3.8) is 0 Å². The van der Waals surface area contributed by atoms with E-state index in [4.69, 9.17) is 11.6 Å². The van der Waals surface area contributed by atoms with Gasteiger partial charge in [-0.25, -0.2) is 0 Å². The monoisotopic (exact) mass is 420 g/mol. The van der Waals surface area contributed by atoms with Gasteiger partial charge in [0.25, 0.3) is 5.91 Å². The summed E-state index contributed by atoms with van der Waals surface area (Å²) in [5, 5.41) is 5.14. The van der Waals surface area contributed by atoms with E-state index in [1.807, 2.05) is 56.3 Å². The van der Waals surface area contributed by atoms with E-state index in [0.717, 1.165) is 25.7 Å². The molecule has 0 spiro atoms. The molecule has 0 saturated carbocycles. The molecule has 0 bridgehead atoms. The second kappa shape index (κ2) is 7.13. The van der Waals surface area contributed by atoms with Crippen molar-refractivity contribution in [1.29, 1.82) is 0 Å². The van der Waals surface area contributed by atoms with Crippen LogP contribution in [0.1, 0.15) is 21.7 Å². The Kier molecular flexibility index (Phi) is 5.13. The Bertz CT molecular complexity index is 906. The van der Waals surface area contributed by atoms with Crippen molar-refractivity contribution in [1.82, 2.24) is 9.78 Å². The number of rotatable bonds is 3. The number of nitrogens with zero attached hydrogens (tertiary/aromatic N) is 2. The zero-order chi connectivity index (χ0) is 17.3. The van der Waals surface area contributed by atoms with Crippen LogP contribution in [0.5, 0.6) is 0 Å². The Labute approximate surface area is 158 Å². The molecule has 24 heavy (non-hydrogen) atoms. The molecule has 1 heterocycles. The number of carbonyl (C=O) groups excluding carboxylic acids is 1. The van der Waals surface area contributed by atoms with Crippen LogP contribution in [-0.2, 0) is 0 Å². The maximum Gasteiger partial charge on any atom is 0.279 e. The van der Waals surface area contributed by atoms with Crippen LogP contribution >= 0.6 is 39.3 Å². The van der Waals surface area contributed by atoms with E-state index in [1.165, 1.54) is 4.68 Å². The second-order valence-corrected chi connectivity index (χ2v) is 7.63. The molecule has 122 valence electrons. The van der Waals surface area contributed by atoms with Crippen LogP contribution in [0.25, 0.3) is 0 Å². The van der Waals surface area contributed by atoms with Crippen molar-refractivity contribution in [2.24, 2.45) is 0 Å². The number of aromatic nitrogens is 2. The molecule has 6 heteroatoms. The van der Waals surface area contributed by atoms with Gasteiger partial charge >= 0.3 is 0 Å². The average Bonchev–Trinajstić information content (AvgIpc) is 2.85. The van der Waals surface area contributed by atoms with Gasteiger partial charge < -0.3 is 0 Å². The zero-order valence-electron chi connectivity index (χ0n) is 13.1. The molecule has 0 aliphatic heterocycles. The predicted molar refractivity (Wildman–Crippen MR) is 101 cm³/mol. The minimum absolute atomic E-state index is 0.147. The number of aryl methyl sites for hydroxylation is 1. The number of hydrogen-bond donors (Lipinski definition) is 0. The van der Waals surface area contributed by atoms with E-state index in [2.05, 4.69) is 21.0 Å². The number of halogens is 2. The Morgan fingerprint density at radius 1 is 1.12 bits per heavy atom. The lowest BCUT2D eigenvalue weighted by Crippen LogP contribution is -2.15. The maximum absolute atomic E-state index is 12.8. The second-order valence-electron chi connectivity index (χ2n) is 5.25. The standard InChI is InChI=1S/C18H14BrClN2OS/c1-11-17(24-14-9-7-13(20)8-10-14)12(2)22(21-11)18(23)15-5-3-4-6-16(15)19/h3-10H,1-2H3. The van der Waals surface area contributed by atoms with E-state index >= 15 is 0 Å². The normalized spacial score (nSPS) is 10.8. The molecule has 0 aliphatic rings. The van der Waals surface area contributed by atoms with Crippen LogP contribution in [-0.4, -0.2) is 15.7 Å². The van der Waals surface area contributed by atoms with Gasteiger partial charge in [-0.1, -0.05) is 35.5 Å². The third-order valence-electron chi connectivity index (χ3n) is 3.56. The lowest BCUT2D eigenvalue weighted by Gasteiger charge is -2.06. The molecule has 3 nitrogen and oxygen atoms in total. The van der Waals surface area contributed by atoms with Crippen molar-refractivity contribution in [3.05, 3.63) is 75.0 Å². The molecule has 0 N–H and O–H groups in total. The highest BCUT2D eigenvalue weighted by atomic mass is 79.9. The molecule has 2 aromatic carbocycles. The SMILES string of the molecule is Cc1nn(C(=O)c2ccccc2Br)c(C)c1Sc1ccc(Cl)cc1. The van der Waals surface area contributed by atoms with Crippen LogP contribution in [0.3, 0.4) is 0 Å². The summed E-state index contributed by atoms with van der Waals surface area (Å²) < 4.78 is 2.22. The van der Waals surface area contributed by atoms with E-state index < -0.39 is 0 Å². The fourth-order valence-corrected chi connectivity index (χ4v) is 3.85. The highest BCUT2D eigenvalue weighted by molar-refractivity contribution is 9.10. The van der Waals surface area contributed by atoms with E-state index in [9.17, 15) is 4.79 Å². The van der Waals surface area contributed by atoms with Gasteiger partial charge in [0, 0.05) is 14.4 Å². The van der Waals surface area contributed by atoms with Crippen LogP contribution < -0.4 is 0 Å². The van der Waals surface area contributed by atoms with Gasteiger partial charge in [0.05, 0.1) is 21.8 Å². The molecule has 1 aromatic heterocycles. The van der Waals surface area contributed by atoms with Crippen molar-refractivity contribution < 1.29 is 4.79 Å². The van der Waals surface area contributed by atoms with Gasteiger partial charge in [0.2, 0.25) is 0 Å². The predicted octanol–water partition coefficient (Wildman–Crippen LogP) is 5.76. The summed E-state index contributed by atoms with van der Waals surface area (Å²) in [6.07, 6.45) is 0. The van der Waals surface area contributed by atoms with Crippen LogP contribution in [0.4, 0.5) is 0 Å². The molecule has 0 radical (unpaired) electrons. The third kappa shape index (κ3) is 3.43. The van der Waals surface area contributed by atoms with Gasteiger partial charge in [-0.15, -0.1) is 0 Å². The summed E-state index contributed by atoms with van der Waals surface area (Å²) in [7, 11) is 0. The van der Waals surface area contributed by atoms with Crippen molar-refractivity contribution in [3.8, 4) is 0 Å². The largest absolute Gasteiger partial charge is 0.279 e. The first-order valence-electron chi connectivity index (χ1n) is 7.26. The average molecular weight is 422 g/mol. The van der Waals surface area contributed by atoms with Crippen LogP contribution in [0.2, 0.25) is 5.02 Å². The van der Waals surface area contributed by atoms with Gasteiger partial charge in [-0.3, -0.25) is 4.79 Å². The Hall–Kier alpha value is -1.56. The Balaban J connectivity index is 1.96. The van der Waals surface area contributed by atoms with Crippen molar-refractivity contribution in [2.45, 2.75) is 23.6 Å². The number of carbonyl (C=O) groups is 1. The Morgan fingerprint density at radius 2 is 1.79 bits per heavy atom. The van der Waals surface area contributed by atoms with Crippen molar-refractivity contribution in [2.75, 3.05) is 0 Å². The highest BCUT2D eigenvalue weighted by Gasteiger charge is 2.20. The molecule has 0 saturated heterocycles. The summed E-state index contributed by atoms with van der Waals surface area (Å²) in [6.45, 7) is 3.82. The van der Waals surface area contributed by atoms with Gasteiger partial charge in [0.1, 0.15) is 0 Å². The smallest absolute Gasteiger partial charge is 0.267 e. The molecule has 3 aromatic rings. The molecule has 3 rings (SSSR count). The minimum atomic E-state index is -0.147. The maximum atomic E-state index is 12.8. The third-order valence-corrected chi connectivity index (χ3v) is 5.80. The summed E-state index contributed by atoms with van der Waals surface area (Å²) >= 11 is 10.9. The van der Waals surface area contributed by atoms with Gasteiger partial charge in [-0.05, 0) is 66.2 Å². The first-order valence-corrected chi connectivity index (χ1v) is 9.25. The van der Waals surface area contributed by atoms with Crippen LogP contribution in [0, 0.1) is 13.8 Å². The molecule has 0 unspecified atom stereocenters. The lowest BCUT2D eigenvalue weighted by molar-refractivity contribution is 0.0941. The molecule has 0 fully saturated rings. The van der Waals surface area contributed by atoms with Gasteiger partial charge in [-0.2, -0.15) is 9.78 Å². The topological polar surface area (TPSA) is 34.9 Å². The Morgan fingerprint density at radius 3 is 2.46 bits per heavy atom. The van der Waals surface area contributed by atoms with Crippen molar-refractivity contribution >= 4 is 45.2 Å². The molecule has 0 aliphatic carbocycles. The first-order chi connectivity index (χ1) is 11.5. The van der Waals surface area contributed by atoms with E-state index in [1.54, 1.807) is 17.8 Å². The molecule has 0 atom stereocenters. The molecular formula is C18H14BrClN2OS. The number of benzene rings is 2. The quantitative estimate of drug-likeness (QED) is 0.539. The summed E-state index contributed by atoms with van der Waals surface area (Å²) in [4.78, 5) is 14.8. The lowest BCUT2D eigenvalue weighted by atomic mass is 10.2. The molecule has 0 amide bonds. The minimum Gasteiger partial charge on any atom is -0.267 e. The van der Waals surface area contributed by atoms with Gasteiger partial charge in [0.15, 0.2) is 0 Å². The summed E-state index contributed by atoms with van der Waals surface area (Å²) in [5.74, 6) is -0.147. The summed E-state index contributed by atoms with van der Waals surface area (Å²) in [6, 6.07) is 15.0. The summed E-state index contributed by atoms with van der Waals surface area (Å²) in [5.41, 5.74) is 2.24. The first kappa shape index (κ1) is 17.3. The molecular weight excluding hydrogens is 408 g/mol. The highest BCUT2D eigenvalue weighted by Crippen LogP contribution is 2.33.